The van der Waals surface area contributed by atoms with Crippen molar-refractivity contribution in [2.75, 3.05) is 28.4 Å². The van der Waals surface area contributed by atoms with E-state index in [1.807, 2.05) is 77.3 Å². The molecule has 0 aliphatic carbocycles. The van der Waals surface area contributed by atoms with E-state index in [1.165, 1.54) is 0 Å². The fourth-order valence-electron chi connectivity index (χ4n) is 4.71. The third-order valence-corrected chi connectivity index (χ3v) is 6.30. The van der Waals surface area contributed by atoms with Gasteiger partial charge in [0.2, 0.25) is 0 Å². The number of fused-ring (bicyclic) bond motifs is 3. The molecule has 5 aromatic rings. The molecule has 0 saturated carbocycles. The van der Waals surface area contributed by atoms with Crippen LogP contribution < -0.4 is 18.9 Å². The van der Waals surface area contributed by atoms with E-state index in [2.05, 4.69) is 0 Å². The van der Waals surface area contributed by atoms with E-state index in [4.69, 9.17) is 18.9 Å². The van der Waals surface area contributed by atoms with Gasteiger partial charge in [-0.2, -0.15) is 0 Å². The molecular formula is C29H25NO5. The van der Waals surface area contributed by atoms with Crippen molar-refractivity contribution in [3.05, 3.63) is 78.6 Å². The average molecular weight is 468 g/mol. The summed E-state index contributed by atoms with van der Waals surface area (Å²) < 4.78 is 24.2. The van der Waals surface area contributed by atoms with Crippen molar-refractivity contribution in [3.8, 4) is 45.3 Å². The predicted molar refractivity (Wildman–Crippen MR) is 137 cm³/mol. The molecule has 0 amide bonds. The Kier molecular flexibility index (Phi) is 5.79. The number of hydrogen-bond donors (Lipinski definition) is 0. The molecule has 0 radical (unpaired) electrons. The maximum atomic E-state index is 12.5. The van der Waals surface area contributed by atoms with Crippen LogP contribution in [0.4, 0.5) is 0 Å². The molecule has 0 saturated heterocycles. The van der Waals surface area contributed by atoms with Crippen LogP contribution in [0.2, 0.25) is 0 Å². The van der Waals surface area contributed by atoms with Gasteiger partial charge in [0.1, 0.15) is 0 Å². The van der Waals surface area contributed by atoms with Crippen LogP contribution in [0.5, 0.6) is 23.0 Å². The average Bonchev–Trinajstić information content (AvgIpc) is 3.26. The molecule has 3 aromatic carbocycles. The number of hydrogen-bond acceptors (Lipinski definition) is 5. The second-order valence-electron chi connectivity index (χ2n) is 8.02. The number of rotatable bonds is 7. The number of nitrogens with zero attached hydrogens (tertiary/aromatic N) is 1. The number of aromatic nitrogens is 1. The molecular weight excluding hydrogens is 442 g/mol. The molecule has 6 heteroatoms. The van der Waals surface area contributed by atoms with E-state index in [0.717, 1.165) is 44.8 Å². The fraction of sp³-hybridized carbons (Fsp3) is 0.138. The molecule has 5 rings (SSSR count). The topological polar surface area (TPSA) is 58.4 Å². The van der Waals surface area contributed by atoms with Gasteiger partial charge in [0, 0.05) is 22.7 Å². The maximum absolute atomic E-state index is 12.5. The molecule has 0 unspecified atom stereocenters. The van der Waals surface area contributed by atoms with E-state index < -0.39 is 0 Å². The number of carbonyl (C=O) groups is 1. The number of aldehydes is 1. The Hall–Kier alpha value is -4.45. The maximum Gasteiger partial charge on any atom is 0.167 e. The van der Waals surface area contributed by atoms with Crippen LogP contribution in [0, 0.1) is 0 Å². The zero-order valence-corrected chi connectivity index (χ0v) is 20.0. The van der Waals surface area contributed by atoms with E-state index in [9.17, 15) is 4.79 Å². The van der Waals surface area contributed by atoms with Crippen LogP contribution in [0.3, 0.4) is 0 Å². The Balaban J connectivity index is 1.99. The van der Waals surface area contributed by atoms with Gasteiger partial charge in [-0.1, -0.05) is 36.4 Å². The first-order chi connectivity index (χ1) is 17.1. The van der Waals surface area contributed by atoms with E-state index in [1.54, 1.807) is 28.4 Å². The largest absolute Gasteiger partial charge is 0.493 e. The van der Waals surface area contributed by atoms with Gasteiger partial charge in [-0.3, -0.25) is 4.79 Å². The van der Waals surface area contributed by atoms with Gasteiger partial charge in [0.05, 0.1) is 39.6 Å². The minimum absolute atomic E-state index is 0.563. The van der Waals surface area contributed by atoms with Crippen LogP contribution in [-0.2, 0) is 0 Å². The fourth-order valence-corrected chi connectivity index (χ4v) is 4.71. The van der Waals surface area contributed by atoms with Crippen LogP contribution in [0.1, 0.15) is 10.5 Å². The highest BCUT2D eigenvalue weighted by Gasteiger charge is 2.24. The lowest BCUT2D eigenvalue weighted by atomic mass is 9.94. The van der Waals surface area contributed by atoms with Crippen LogP contribution in [0.25, 0.3) is 38.5 Å². The Morgan fingerprint density at radius 2 is 1.31 bits per heavy atom. The summed E-state index contributed by atoms with van der Waals surface area (Å²) in [5.74, 6) is 2.49. The number of benzene rings is 3. The Morgan fingerprint density at radius 3 is 1.97 bits per heavy atom. The minimum atomic E-state index is 0.563. The summed E-state index contributed by atoms with van der Waals surface area (Å²) in [6.45, 7) is 0. The molecule has 2 aromatic heterocycles. The molecule has 35 heavy (non-hydrogen) atoms. The molecule has 0 spiro atoms. The second-order valence-corrected chi connectivity index (χ2v) is 8.02. The van der Waals surface area contributed by atoms with Crippen molar-refractivity contribution >= 4 is 22.6 Å². The molecule has 2 heterocycles. The summed E-state index contributed by atoms with van der Waals surface area (Å²) in [5, 5.41) is 1.90. The lowest BCUT2D eigenvalue weighted by Gasteiger charge is -2.13. The molecule has 176 valence electrons. The SMILES string of the molecule is COc1ccc(-c2c(-c3ccccc3)c(C=O)n3ccc4cc(OC)c(OC)cc4c23)cc1OC. The van der Waals surface area contributed by atoms with Gasteiger partial charge in [-0.25, -0.2) is 0 Å². The van der Waals surface area contributed by atoms with Crippen LogP contribution in [-0.4, -0.2) is 39.1 Å². The highest BCUT2D eigenvalue weighted by atomic mass is 16.5. The molecule has 0 atom stereocenters. The molecule has 0 aliphatic heterocycles. The zero-order chi connectivity index (χ0) is 24.5. The van der Waals surface area contributed by atoms with Crippen molar-refractivity contribution in [2.45, 2.75) is 0 Å². The van der Waals surface area contributed by atoms with Crippen LogP contribution in [0.15, 0.2) is 72.9 Å². The summed E-state index contributed by atoms with van der Waals surface area (Å²) >= 11 is 0. The first kappa shape index (κ1) is 22.3. The zero-order valence-electron chi connectivity index (χ0n) is 20.0. The summed E-state index contributed by atoms with van der Waals surface area (Å²) in [6.07, 6.45) is 2.83. The quantitative estimate of drug-likeness (QED) is 0.264. The Morgan fingerprint density at radius 1 is 0.657 bits per heavy atom. The predicted octanol–water partition coefficient (Wildman–Crippen LogP) is 6.27. The molecule has 0 bridgehead atoms. The molecule has 6 nitrogen and oxygen atoms in total. The highest BCUT2D eigenvalue weighted by Crippen LogP contribution is 2.45. The molecule has 0 aliphatic rings. The van der Waals surface area contributed by atoms with E-state index in [-0.39, 0.29) is 0 Å². The Labute approximate surface area is 203 Å². The van der Waals surface area contributed by atoms with Crippen molar-refractivity contribution < 1.29 is 23.7 Å². The van der Waals surface area contributed by atoms with E-state index >= 15 is 0 Å². The smallest absolute Gasteiger partial charge is 0.167 e. The first-order valence-corrected chi connectivity index (χ1v) is 11.1. The normalized spacial score (nSPS) is 11.0. The first-order valence-electron chi connectivity index (χ1n) is 11.1. The number of ether oxygens (including phenoxy) is 4. The lowest BCUT2D eigenvalue weighted by molar-refractivity contribution is 0.111. The van der Waals surface area contributed by atoms with Crippen molar-refractivity contribution in [1.29, 1.82) is 0 Å². The number of carbonyl (C=O) groups excluding carboxylic acids is 1. The van der Waals surface area contributed by atoms with Gasteiger partial charge in [0.25, 0.3) is 0 Å². The van der Waals surface area contributed by atoms with Crippen molar-refractivity contribution in [1.82, 2.24) is 4.40 Å². The number of methoxy groups -OCH3 is 4. The van der Waals surface area contributed by atoms with Gasteiger partial charge in [0.15, 0.2) is 29.3 Å². The van der Waals surface area contributed by atoms with Crippen molar-refractivity contribution in [3.63, 3.8) is 0 Å². The second kappa shape index (κ2) is 9.06. The third-order valence-electron chi connectivity index (χ3n) is 6.30. The van der Waals surface area contributed by atoms with E-state index in [0.29, 0.717) is 28.7 Å². The van der Waals surface area contributed by atoms with Crippen LogP contribution >= 0.6 is 0 Å². The van der Waals surface area contributed by atoms with Gasteiger partial charge >= 0.3 is 0 Å². The Bertz CT molecular complexity index is 1550. The van der Waals surface area contributed by atoms with Gasteiger partial charge < -0.3 is 23.3 Å². The standard InChI is InChI=1S/C29H25NO5/c1-32-23-11-10-20(15-24(23)33-2)28-27(18-8-6-5-7-9-18)22(17-31)30-13-12-19-14-25(34-3)26(35-4)16-21(19)29(28)30/h5-17H,1-4H3. The summed E-state index contributed by atoms with van der Waals surface area (Å²) in [6, 6.07) is 21.6. The third kappa shape index (κ3) is 3.54. The summed E-state index contributed by atoms with van der Waals surface area (Å²) in [7, 11) is 6.45. The highest BCUT2D eigenvalue weighted by molar-refractivity contribution is 6.12. The monoisotopic (exact) mass is 467 g/mol. The minimum Gasteiger partial charge on any atom is -0.493 e. The molecule has 0 N–H and O–H groups in total. The van der Waals surface area contributed by atoms with Crippen molar-refractivity contribution in [2.24, 2.45) is 0 Å². The summed E-state index contributed by atoms with van der Waals surface area (Å²) in [4.78, 5) is 12.5. The van der Waals surface area contributed by atoms with Gasteiger partial charge in [-0.15, -0.1) is 0 Å². The van der Waals surface area contributed by atoms with Gasteiger partial charge in [-0.05, 0) is 46.8 Å². The summed E-state index contributed by atoms with van der Waals surface area (Å²) in [5.41, 5.74) is 5.04. The number of pyridine rings is 1. The lowest BCUT2D eigenvalue weighted by Crippen LogP contribution is -1.94. The molecule has 0 fully saturated rings.